The van der Waals surface area contributed by atoms with Crippen molar-refractivity contribution in [3.8, 4) is 5.75 Å². The van der Waals surface area contributed by atoms with Crippen molar-refractivity contribution >= 4 is 21.6 Å². The molecule has 7 nitrogen and oxygen atoms in total. The molecule has 0 radical (unpaired) electrons. The van der Waals surface area contributed by atoms with Gasteiger partial charge in [0.05, 0.1) is 24.2 Å². The molecule has 2 aromatic rings. The van der Waals surface area contributed by atoms with Crippen LogP contribution in [-0.4, -0.2) is 57.3 Å². The standard InChI is InChI=1S/C21H29N3O4S/c1-5-24(6-2)29(26,27)18-12-13-20(28-4)19(14-18)22-21(25)16-23(3)15-17-10-8-7-9-11-17/h7-14H,5-6,15-16H2,1-4H3,(H,22,25). The molecule has 0 fully saturated rings. The Labute approximate surface area is 173 Å². The predicted octanol–water partition coefficient (Wildman–Crippen LogP) is 2.80. The third kappa shape index (κ3) is 6.03. The first-order chi connectivity index (χ1) is 13.8. The summed E-state index contributed by atoms with van der Waals surface area (Å²) in [7, 11) is -0.303. The van der Waals surface area contributed by atoms with Crippen LogP contribution in [0.1, 0.15) is 19.4 Å². The Hall–Kier alpha value is -2.42. The van der Waals surface area contributed by atoms with E-state index in [-0.39, 0.29) is 17.3 Å². The maximum Gasteiger partial charge on any atom is 0.243 e. The van der Waals surface area contributed by atoms with Crippen LogP contribution in [-0.2, 0) is 21.4 Å². The highest BCUT2D eigenvalue weighted by molar-refractivity contribution is 7.89. The molecular weight excluding hydrogens is 390 g/mol. The van der Waals surface area contributed by atoms with Crippen molar-refractivity contribution in [3.05, 3.63) is 54.1 Å². The third-order valence-corrected chi connectivity index (χ3v) is 6.54. The lowest BCUT2D eigenvalue weighted by molar-refractivity contribution is -0.117. The summed E-state index contributed by atoms with van der Waals surface area (Å²) in [4.78, 5) is 14.5. The summed E-state index contributed by atoms with van der Waals surface area (Å²) in [5.74, 6) is 0.154. The van der Waals surface area contributed by atoms with Crippen LogP contribution in [0.4, 0.5) is 5.69 Å². The van der Waals surface area contributed by atoms with Gasteiger partial charge in [0.1, 0.15) is 5.75 Å². The molecule has 29 heavy (non-hydrogen) atoms. The highest BCUT2D eigenvalue weighted by Crippen LogP contribution is 2.29. The molecule has 2 aromatic carbocycles. The fourth-order valence-electron chi connectivity index (χ4n) is 3.04. The van der Waals surface area contributed by atoms with E-state index in [1.54, 1.807) is 19.9 Å². The van der Waals surface area contributed by atoms with E-state index in [2.05, 4.69) is 5.32 Å². The second kappa shape index (κ2) is 10.4. The maximum atomic E-state index is 12.8. The van der Waals surface area contributed by atoms with Crippen molar-refractivity contribution in [1.29, 1.82) is 0 Å². The molecule has 0 unspecified atom stereocenters. The highest BCUT2D eigenvalue weighted by Gasteiger charge is 2.23. The number of hydrogen-bond acceptors (Lipinski definition) is 5. The maximum absolute atomic E-state index is 12.8. The average molecular weight is 420 g/mol. The number of hydrogen-bond donors (Lipinski definition) is 1. The van der Waals surface area contributed by atoms with Gasteiger partial charge in [-0.05, 0) is 30.8 Å². The van der Waals surface area contributed by atoms with Gasteiger partial charge in [-0.2, -0.15) is 4.31 Å². The van der Waals surface area contributed by atoms with E-state index in [1.807, 2.05) is 42.3 Å². The van der Waals surface area contributed by atoms with Crippen LogP contribution >= 0.6 is 0 Å². The number of sulfonamides is 1. The molecule has 0 aliphatic heterocycles. The minimum Gasteiger partial charge on any atom is -0.495 e. The zero-order valence-electron chi connectivity index (χ0n) is 17.4. The summed E-state index contributed by atoms with van der Waals surface area (Å²) in [5.41, 5.74) is 1.44. The van der Waals surface area contributed by atoms with E-state index in [0.29, 0.717) is 31.1 Å². The first kappa shape index (κ1) is 22.9. The van der Waals surface area contributed by atoms with Gasteiger partial charge >= 0.3 is 0 Å². The second-order valence-electron chi connectivity index (χ2n) is 6.66. The summed E-state index contributed by atoms with van der Waals surface area (Å²) in [6.45, 7) is 5.10. The van der Waals surface area contributed by atoms with Gasteiger partial charge in [-0.15, -0.1) is 0 Å². The quantitative estimate of drug-likeness (QED) is 0.641. The van der Waals surface area contributed by atoms with Gasteiger partial charge in [-0.1, -0.05) is 44.2 Å². The zero-order valence-corrected chi connectivity index (χ0v) is 18.2. The third-order valence-electron chi connectivity index (χ3n) is 4.50. The van der Waals surface area contributed by atoms with Crippen molar-refractivity contribution in [2.45, 2.75) is 25.3 Å². The second-order valence-corrected chi connectivity index (χ2v) is 8.60. The molecule has 2 rings (SSSR count). The molecule has 158 valence electrons. The monoisotopic (exact) mass is 419 g/mol. The van der Waals surface area contributed by atoms with Crippen LogP contribution in [0.2, 0.25) is 0 Å². The number of likely N-dealkylation sites (N-methyl/N-ethyl adjacent to an activating group) is 1. The van der Waals surface area contributed by atoms with E-state index < -0.39 is 10.0 Å². The number of rotatable bonds is 10. The molecule has 1 amide bonds. The van der Waals surface area contributed by atoms with E-state index >= 15 is 0 Å². The SMILES string of the molecule is CCN(CC)S(=O)(=O)c1ccc(OC)c(NC(=O)CN(C)Cc2ccccc2)c1. The topological polar surface area (TPSA) is 79.0 Å². The van der Waals surface area contributed by atoms with Gasteiger partial charge in [0.2, 0.25) is 15.9 Å². The molecule has 1 N–H and O–H groups in total. The smallest absolute Gasteiger partial charge is 0.243 e. The van der Waals surface area contributed by atoms with Gasteiger partial charge in [0.15, 0.2) is 0 Å². The lowest BCUT2D eigenvalue weighted by atomic mass is 10.2. The van der Waals surface area contributed by atoms with E-state index in [1.165, 1.54) is 23.5 Å². The number of anilines is 1. The predicted molar refractivity (Wildman–Crippen MR) is 115 cm³/mol. The van der Waals surface area contributed by atoms with Crippen LogP contribution in [0, 0.1) is 0 Å². The number of amides is 1. The Balaban J connectivity index is 2.15. The molecule has 0 aromatic heterocycles. The van der Waals surface area contributed by atoms with Crippen LogP contribution in [0.25, 0.3) is 0 Å². The number of nitrogens with zero attached hydrogens (tertiary/aromatic N) is 2. The van der Waals surface area contributed by atoms with Gasteiger partial charge in [0.25, 0.3) is 0 Å². The summed E-state index contributed by atoms with van der Waals surface area (Å²) in [6, 6.07) is 14.3. The Kier molecular flexibility index (Phi) is 8.19. The Bertz CT molecular complexity index is 913. The normalized spacial score (nSPS) is 11.7. The molecule has 0 atom stereocenters. The zero-order chi connectivity index (χ0) is 21.4. The Morgan fingerprint density at radius 2 is 1.72 bits per heavy atom. The Morgan fingerprint density at radius 3 is 2.31 bits per heavy atom. The first-order valence-electron chi connectivity index (χ1n) is 9.52. The minimum absolute atomic E-state index is 0.120. The summed E-state index contributed by atoms with van der Waals surface area (Å²) < 4.78 is 32.2. The highest BCUT2D eigenvalue weighted by atomic mass is 32.2. The molecule has 0 aliphatic rings. The van der Waals surface area contributed by atoms with Crippen LogP contribution in [0.15, 0.2) is 53.4 Å². The molecule has 0 saturated carbocycles. The summed E-state index contributed by atoms with van der Waals surface area (Å²) in [5, 5.41) is 2.78. The van der Waals surface area contributed by atoms with Crippen molar-refractivity contribution in [1.82, 2.24) is 9.21 Å². The van der Waals surface area contributed by atoms with E-state index in [4.69, 9.17) is 4.74 Å². The van der Waals surface area contributed by atoms with Gasteiger partial charge < -0.3 is 10.1 Å². The van der Waals surface area contributed by atoms with Crippen LogP contribution < -0.4 is 10.1 Å². The lowest BCUT2D eigenvalue weighted by Crippen LogP contribution is -2.31. The number of benzene rings is 2. The van der Waals surface area contributed by atoms with Crippen molar-refractivity contribution in [2.75, 3.05) is 39.1 Å². The number of nitrogens with one attached hydrogen (secondary N) is 1. The van der Waals surface area contributed by atoms with Crippen LogP contribution in [0.3, 0.4) is 0 Å². The van der Waals surface area contributed by atoms with Crippen molar-refractivity contribution < 1.29 is 17.9 Å². The molecule has 8 heteroatoms. The molecule has 0 spiro atoms. The Morgan fingerprint density at radius 1 is 1.07 bits per heavy atom. The lowest BCUT2D eigenvalue weighted by Gasteiger charge is -2.20. The first-order valence-corrected chi connectivity index (χ1v) is 11.0. The van der Waals surface area contributed by atoms with Gasteiger partial charge in [0, 0.05) is 19.6 Å². The van der Waals surface area contributed by atoms with Gasteiger partial charge in [-0.25, -0.2) is 8.42 Å². The van der Waals surface area contributed by atoms with Crippen LogP contribution in [0.5, 0.6) is 5.75 Å². The molecule has 0 saturated heterocycles. The molecule has 0 aliphatic carbocycles. The van der Waals surface area contributed by atoms with E-state index in [0.717, 1.165) is 5.56 Å². The summed E-state index contributed by atoms with van der Waals surface area (Å²) in [6.07, 6.45) is 0. The molecule has 0 heterocycles. The molecule has 0 bridgehead atoms. The fourth-order valence-corrected chi connectivity index (χ4v) is 4.53. The number of carbonyl (C=O) groups is 1. The minimum atomic E-state index is -3.63. The van der Waals surface area contributed by atoms with Gasteiger partial charge in [-0.3, -0.25) is 9.69 Å². The fraction of sp³-hybridized carbons (Fsp3) is 0.381. The average Bonchev–Trinajstić information content (AvgIpc) is 2.69. The van der Waals surface area contributed by atoms with Crippen molar-refractivity contribution in [2.24, 2.45) is 0 Å². The largest absolute Gasteiger partial charge is 0.495 e. The number of carbonyl (C=O) groups excluding carboxylic acids is 1. The number of ether oxygens (including phenoxy) is 1. The molecular formula is C21H29N3O4S. The number of methoxy groups -OCH3 is 1. The summed E-state index contributed by atoms with van der Waals surface area (Å²) >= 11 is 0. The van der Waals surface area contributed by atoms with E-state index in [9.17, 15) is 13.2 Å². The van der Waals surface area contributed by atoms with Crippen molar-refractivity contribution in [3.63, 3.8) is 0 Å².